The number of hydrogen-bond acceptors (Lipinski definition) is 4. The molecule has 0 bridgehead atoms. The Kier molecular flexibility index (Phi) is 9.07. The van der Waals surface area contributed by atoms with E-state index in [0.717, 1.165) is 55.2 Å². The number of hydrogen-bond donors (Lipinski definition) is 0. The van der Waals surface area contributed by atoms with Crippen LogP contribution in [0, 0.1) is 0 Å². The van der Waals surface area contributed by atoms with E-state index in [4.69, 9.17) is 19.4 Å². The van der Waals surface area contributed by atoms with E-state index in [0.29, 0.717) is 17.5 Å². The highest BCUT2D eigenvalue weighted by atomic mass is 16.3. The molecule has 0 radical (unpaired) electrons. The molecular weight excluding hydrogens is 692 g/mol. The van der Waals surface area contributed by atoms with Crippen molar-refractivity contribution in [3.8, 4) is 39.9 Å². The van der Waals surface area contributed by atoms with Crippen LogP contribution in [-0.2, 0) is 0 Å². The van der Waals surface area contributed by atoms with E-state index in [-0.39, 0.29) is 0 Å². The summed E-state index contributed by atoms with van der Waals surface area (Å²) >= 11 is 0. The highest BCUT2D eigenvalue weighted by Gasteiger charge is 2.30. The lowest BCUT2D eigenvalue weighted by Crippen LogP contribution is -2.49. The van der Waals surface area contributed by atoms with Gasteiger partial charge in [0.05, 0.1) is 5.69 Å². The Morgan fingerprint density at radius 3 is 1.22 bits per heavy atom. The number of rotatable bonds is 4. The van der Waals surface area contributed by atoms with E-state index >= 15 is 0 Å². The van der Waals surface area contributed by atoms with Crippen molar-refractivity contribution in [1.29, 1.82) is 0 Å². The molecule has 9 rings (SSSR count). The normalized spacial score (nSPS) is 11.7. The summed E-state index contributed by atoms with van der Waals surface area (Å²) in [6.45, 7) is 0. The van der Waals surface area contributed by atoms with Gasteiger partial charge in [-0.05, 0) is 10.8 Å². The Hall–Kier alpha value is -5.16. The fourth-order valence-electron chi connectivity index (χ4n) is 9.66. The summed E-state index contributed by atoms with van der Waals surface area (Å²) in [6, 6.07) is 20.5. The Morgan fingerprint density at radius 2 is 0.741 bits per heavy atom. The van der Waals surface area contributed by atoms with Crippen LogP contribution in [0.5, 0.6) is 0 Å². The fourth-order valence-corrected chi connectivity index (χ4v) is 9.66. The average Bonchev–Trinajstić information content (AvgIpc) is 3.80. The Bertz CT molecular complexity index is 3140. The summed E-state index contributed by atoms with van der Waals surface area (Å²) in [5.41, 5.74) is 26.1. The molecule has 0 unspecified atom stereocenters. The maximum atomic E-state index is 7.44. The molecule has 9 aromatic rings. The first-order valence-corrected chi connectivity index (χ1v) is 20.5. The molecule has 3 heterocycles. The standard InChI is InChI=1S/C39H38B14N4O/c40-18-14-15-19(41)23(45)27(49)29(51)33(15)57(32(14)28(50)26(48)22(18)44)34-30(52)24(46)20(42)16-13-17(21(43)25(47)31(53)35(13)58-36(16)34)39-55-37(11-7-3-1-4-8-11)54-38(56-39)12-9-5-2-6-10-12/h1-10H,40-53H2. The molecule has 19 heteroatoms. The van der Waals surface area contributed by atoms with E-state index in [1.54, 1.807) is 0 Å². The van der Waals surface area contributed by atoms with Crippen LogP contribution in [-0.4, -0.2) is 129 Å². The second kappa shape index (κ2) is 13.7. The monoisotopic (exact) mass is 732 g/mol. The first-order valence-electron chi connectivity index (χ1n) is 20.5. The Morgan fingerprint density at radius 1 is 0.345 bits per heavy atom. The van der Waals surface area contributed by atoms with Crippen LogP contribution < -0.4 is 76.5 Å². The predicted molar refractivity (Wildman–Crippen MR) is 292 cm³/mol. The lowest BCUT2D eigenvalue weighted by atomic mass is 9.63. The zero-order valence-electron chi connectivity index (χ0n) is 36.5. The predicted octanol–water partition coefficient (Wildman–Crippen LogP) is -14.5. The number of nitrogens with zero attached hydrogens (tertiary/aromatic N) is 4. The highest BCUT2D eigenvalue weighted by molar-refractivity contribution is 6.72. The number of benzene rings is 6. The van der Waals surface area contributed by atoms with Crippen molar-refractivity contribution in [2.45, 2.75) is 0 Å². The van der Waals surface area contributed by atoms with Crippen molar-refractivity contribution >= 4 is 230 Å². The van der Waals surface area contributed by atoms with Crippen LogP contribution in [0.25, 0.3) is 83.6 Å². The van der Waals surface area contributed by atoms with Crippen LogP contribution in [0.3, 0.4) is 0 Å². The van der Waals surface area contributed by atoms with Crippen molar-refractivity contribution in [1.82, 2.24) is 19.5 Å². The zero-order chi connectivity index (χ0) is 41.2. The van der Waals surface area contributed by atoms with Crippen molar-refractivity contribution in [2.75, 3.05) is 0 Å². The third-order valence-corrected chi connectivity index (χ3v) is 14.2. The van der Waals surface area contributed by atoms with Gasteiger partial charge in [-0.25, -0.2) is 15.0 Å². The van der Waals surface area contributed by atoms with Gasteiger partial charge in [0, 0.05) is 38.5 Å². The molecule has 0 aliphatic heterocycles. The lowest BCUT2D eigenvalue weighted by molar-refractivity contribution is 0.670. The quantitative estimate of drug-likeness (QED) is 0.169. The number of furan rings is 1. The second-order valence-corrected chi connectivity index (χ2v) is 16.8. The molecular formula is C39H38B14N4O. The largest absolute Gasteiger partial charge is 0.454 e. The van der Waals surface area contributed by atoms with Crippen LogP contribution in [0.15, 0.2) is 65.1 Å². The van der Waals surface area contributed by atoms with Gasteiger partial charge in [-0.1, -0.05) is 126 Å². The minimum Gasteiger partial charge on any atom is -0.454 e. The topological polar surface area (TPSA) is 56.7 Å². The van der Waals surface area contributed by atoms with Crippen LogP contribution in [0.1, 0.15) is 0 Å². The average molecular weight is 730 g/mol. The maximum Gasteiger partial charge on any atom is 0.164 e. The number of aromatic nitrogens is 4. The molecule has 262 valence electrons. The van der Waals surface area contributed by atoms with Crippen molar-refractivity contribution < 1.29 is 4.42 Å². The maximum absolute atomic E-state index is 7.44. The van der Waals surface area contributed by atoms with E-state index in [1.165, 1.54) is 87.4 Å². The first-order chi connectivity index (χ1) is 27.6. The van der Waals surface area contributed by atoms with Gasteiger partial charge in [-0.15, -0.1) is 10.9 Å². The van der Waals surface area contributed by atoms with Crippen molar-refractivity contribution in [3.63, 3.8) is 0 Å². The van der Waals surface area contributed by atoms with Gasteiger partial charge < -0.3 is 8.98 Å². The molecule has 0 aliphatic carbocycles. The molecule has 0 saturated heterocycles. The fraction of sp³-hybridized carbons (Fsp3) is 0. The lowest BCUT2D eigenvalue weighted by Gasteiger charge is -2.21. The number of fused-ring (bicyclic) bond motifs is 6. The van der Waals surface area contributed by atoms with Crippen molar-refractivity contribution in [2.24, 2.45) is 0 Å². The van der Waals surface area contributed by atoms with Crippen LogP contribution in [0.2, 0.25) is 0 Å². The van der Waals surface area contributed by atoms with Gasteiger partial charge in [0.2, 0.25) is 0 Å². The minimum atomic E-state index is 0.644. The van der Waals surface area contributed by atoms with Gasteiger partial charge in [0.25, 0.3) is 0 Å². The highest BCUT2D eigenvalue weighted by Crippen LogP contribution is 2.37. The summed E-state index contributed by atoms with van der Waals surface area (Å²) in [6.07, 6.45) is 0. The third kappa shape index (κ3) is 5.27. The molecule has 0 N–H and O–H groups in total. The summed E-state index contributed by atoms with van der Waals surface area (Å²) in [4.78, 5) is 15.7. The van der Waals surface area contributed by atoms with Gasteiger partial charge in [0.1, 0.15) is 115 Å². The van der Waals surface area contributed by atoms with E-state index in [9.17, 15) is 0 Å². The summed E-state index contributed by atoms with van der Waals surface area (Å²) < 4.78 is 10.0. The molecule has 6 aromatic carbocycles. The molecule has 0 fully saturated rings. The Labute approximate surface area is 352 Å². The first kappa shape index (κ1) is 38.4. The van der Waals surface area contributed by atoms with Gasteiger partial charge in [0.15, 0.2) is 23.1 Å². The molecule has 0 atom stereocenters. The Balaban J connectivity index is 1.51. The molecule has 0 amide bonds. The van der Waals surface area contributed by atoms with E-state index < -0.39 is 0 Å². The summed E-state index contributed by atoms with van der Waals surface area (Å²) in [7, 11) is 31.8. The van der Waals surface area contributed by atoms with Gasteiger partial charge in [-0.2, -0.15) is 0 Å². The molecule has 0 spiro atoms. The van der Waals surface area contributed by atoms with Crippen LogP contribution in [0.4, 0.5) is 0 Å². The van der Waals surface area contributed by atoms with Gasteiger partial charge >= 0.3 is 0 Å². The molecule has 3 aromatic heterocycles. The third-order valence-electron chi connectivity index (χ3n) is 14.2. The van der Waals surface area contributed by atoms with Crippen molar-refractivity contribution in [3.05, 3.63) is 60.7 Å². The molecule has 0 saturated carbocycles. The summed E-state index contributed by atoms with van der Waals surface area (Å²) in [5, 5.41) is 4.86. The molecule has 0 aliphatic rings. The van der Waals surface area contributed by atoms with Gasteiger partial charge in [-0.3, -0.25) is 0 Å². The smallest absolute Gasteiger partial charge is 0.164 e. The zero-order valence-corrected chi connectivity index (χ0v) is 36.5. The van der Waals surface area contributed by atoms with E-state index in [2.05, 4.69) is 139 Å². The van der Waals surface area contributed by atoms with Crippen LogP contribution >= 0.6 is 0 Å². The molecule has 58 heavy (non-hydrogen) atoms. The van der Waals surface area contributed by atoms with E-state index in [1.807, 2.05) is 36.4 Å². The summed E-state index contributed by atoms with van der Waals surface area (Å²) in [5.74, 6) is 1.93. The SMILES string of the molecule is Bc1c(B)c(-c2nc(-c3ccccc3)nc(-c3ccccc3)n2)c2c(oc3c(-n4c5c(B)c(B)c(B)c(B)c5c5c(B)c(B)c(B)c(B)c54)c(B)c(B)c(B)c32)c1B. The minimum absolute atomic E-state index is 0.644. The molecule has 5 nitrogen and oxygen atoms in total. The second-order valence-electron chi connectivity index (χ2n) is 16.8.